The molecule has 2 aromatic rings. The van der Waals surface area contributed by atoms with Crippen LogP contribution in [0.4, 0.5) is 0 Å². The van der Waals surface area contributed by atoms with E-state index in [1.165, 1.54) is 0 Å². The fraction of sp³-hybridized carbons (Fsp3) is 0.500. The number of aryl methyl sites for hydroxylation is 1. The highest BCUT2D eigenvalue weighted by atomic mass is 32.1. The van der Waals surface area contributed by atoms with Crippen LogP contribution in [0.1, 0.15) is 39.8 Å². The molecule has 0 saturated carbocycles. The number of aromatic carboxylic acids is 1. The number of piperidine rings is 1. The predicted molar refractivity (Wildman–Crippen MR) is 87.0 cm³/mol. The number of carbonyl (C=O) groups excluding carboxylic acids is 1. The van der Waals surface area contributed by atoms with Gasteiger partial charge in [0.2, 0.25) is 11.8 Å². The van der Waals surface area contributed by atoms with Crippen molar-refractivity contribution in [2.24, 2.45) is 5.92 Å². The number of carboxylic acids is 1. The van der Waals surface area contributed by atoms with Crippen LogP contribution in [0.3, 0.4) is 0 Å². The largest absolute Gasteiger partial charge is 0.477 e. The summed E-state index contributed by atoms with van der Waals surface area (Å²) in [5.74, 6) is 0.651. The van der Waals surface area contributed by atoms with Crippen molar-refractivity contribution < 1.29 is 19.2 Å². The molecule has 1 aliphatic heterocycles. The summed E-state index contributed by atoms with van der Waals surface area (Å²) in [5.41, 5.74) is 0.761. The van der Waals surface area contributed by atoms with Gasteiger partial charge in [0, 0.05) is 19.5 Å². The molecule has 0 spiro atoms. The Morgan fingerprint density at radius 1 is 1.50 bits per heavy atom. The van der Waals surface area contributed by atoms with Crippen molar-refractivity contribution in [1.29, 1.82) is 0 Å². The molecule has 0 aromatic carbocycles. The molecule has 128 valence electrons. The fourth-order valence-corrected chi connectivity index (χ4v) is 3.74. The quantitative estimate of drug-likeness (QED) is 0.888. The first-order valence-electron chi connectivity index (χ1n) is 7.89. The monoisotopic (exact) mass is 349 g/mol. The molecule has 1 amide bonds. The van der Waals surface area contributed by atoms with Crippen LogP contribution in [0.5, 0.6) is 0 Å². The van der Waals surface area contributed by atoms with E-state index in [1.54, 1.807) is 18.4 Å². The Balaban J connectivity index is 1.57. The van der Waals surface area contributed by atoms with Crippen LogP contribution in [0.2, 0.25) is 0 Å². The third kappa shape index (κ3) is 4.00. The lowest BCUT2D eigenvalue weighted by molar-refractivity contribution is -0.132. The minimum Gasteiger partial charge on any atom is -0.477 e. The number of carbonyl (C=O) groups is 2. The molecule has 0 aliphatic carbocycles. The summed E-state index contributed by atoms with van der Waals surface area (Å²) in [7, 11) is 0. The molecule has 3 heterocycles. The molecule has 8 heteroatoms. The van der Waals surface area contributed by atoms with Crippen LogP contribution in [-0.2, 0) is 17.6 Å². The summed E-state index contributed by atoms with van der Waals surface area (Å²) in [6.45, 7) is 3.21. The Bertz CT molecular complexity index is 739. The van der Waals surface area contributed by atoms with Gasteiger partial charge in [0.05, 0.1) is 6.42 Å². The molecule has 24 heavy (non-hydrogen) atoms. The van der Waals surface area contributed by atoms with E-state index < -0.39 is 5.97 Å². The van der Waals surface area contributed by atoms with Crippen molar-refractivity contribution >= 4 is 23.2 Å². The molecule has 3 rings (SSSR count). The van der Waals surface area contributed by atoms with E-state index in [0.717, 1.165) is 36.3 Å². The van der Waals surface area contributed by atoms with Gasteiger partial charge in [-0.2, -0.15) is 4.98 Å². The Hall–Kier alpha value is -2.22. The molecular weight excluding hydrogens is 330 g/mol. The predicted octanol–water partition coefficient (Wildman–Crippen LogP) is 2.16. The second-order valence-electron chi connectivity index (χ2n) is 6.09. The third-order valence-electron chi connectivity index (χ3n) is 4.12. The minimum absolute atomic E-state index is 0.0381. The van der Waals surface area contributed by atoms with E-state index in [1.807, 2.05) is 4.90 Å². The number of nitrogens with zero attached hydrogens (tertiary/aromatic N) is 3. The van der Waals surface area contributed by atoms with Gasteiger partial charge in [-0.05, 0) is 42.7 Å². The maximum atomic E-state index is 12.5. The summed E-state index contributed by atoms with van der Waals surface area (Å²) >= 11 is 1.15. The molecule has 1 fully saturated rings. The van der Waals surface area contributed by atoms with Gasteiger partial charge < -0.3 is 14.5 Å². The van der Waals surface area contributed by atoms with E-state index >= 15 is 0 Å². The van der Waals surface area contributed by atoms with Crippen LogP contribution in [0.25, 0.3) is 0 Å². The van der Waals surface area contributed by atoms with Crippen LogP contribution in [0, 0.1) is 12.8 Å². The van der Waals surface area contributed by atoms with Gasteiger partial charge in [-0.15, -0.1) is 11.3 Å². The average molecular weight is 349 g/mol. The number of carboxylic acid groups (broad SMARTS) is 1. The van der Waals surface area contributed by atoms with Gasteiger partial charge in [0.15, 0.2) is 5.82 Å². The molecule has 1 N–H and O–H groups in total. The number of amides is 1. The summed E-state index contributed by atoms with van der Waals surface area (Å²) < 4.78 is 5.16. The molecule has 1 atom stereocenters. The highest BCUT2D eigenvalue weighted by molar-refractivity contribution is 7.12. The summed E-state index contributed by atoms with van der Waals surface area (Å²) in [6, 6.07) is 1.58. The van der Waals surface area contributed by atoms with Crippen LogP contribution < -0.4 is 0 Å². The summed E-state index contributed by atoms with van der Waals surface area (Å²) in [4.78, 5) is 29.7. The topological polar surface area (TPSA) is 96.5 Å². The highest BCUT2D eigenvalue weighted by Crippen LogP contribution is 2.22. The first kappa shape index (κ1) is 16.6. The Morgan fingerprint density at radius 2 is 2.33 bits per heavy atom. The third-order valence-corrected chi connectivity index (χ3v) is 5.09. The zero-order valence-corrected chi connectivity index (χ0v) is 14.2. The molecule has 1 unspecified atom stereocenters. The molecule has 0 bridgehead atoms. The van der Waals surface area contributed by atoms with Crippen molar-refractivity contribution in [2.45, 2.75) is 32.6 Å². The molecule has 2 aromatic heterocycles. The SMILES string of the molecule is Cc1noc(CC2CCCN(C(=O)Cc3csc(C(=O)O)c3)C2)n1. The van der Waals surface area contributed by atoms with E-state index in [2.05, 4.69) is 10.1 Å². The number of hydrogen-bond donors (Lipinski definition) is 1. The normalized spacial score (nSPS) is 17.9. The van der Waals surface area contributed by atoms with Crippen LogP contribution >= 0.6 is 11.3 Å². The number of rotatable bonds is 5. The molecule has 1 saturated heterocycles. The number of hydrogen-bond acceptors (Lipinski definition) is 6. The van der Waals surface area contributed by atoms with E-state index in [4.69, 9.17) is 9.63 Å². The number of likely N-dealkylation sites (tertiary alicyclic amines) is 1. The van der Waals surface area contributed by atoms with Crippen molar-refractivity contribution in [3.63, 3.8) is 0 Å². The van der Waals surface area contributed by atoms with E-state index in [0.29, 0.717) is 30.6 Å². The zero-order chi connectivity index (χ0) is 17.1. The second-order valence-corrected chi connectivity index (χ2v) is 7.00. The van der Waals surface area contributed by atoms with E-state index in [9.17, 15) is 9.59 Å². The van der Waals surface area contributed by atoms with Gasteiger partial charge in [-0.1, -0.05) is 5.16 Å². The minimum atomic E-state index is -0.952. The Kier molecular flexibility index (Phi) is 4.94. The van der Waals surface area contributed by atoms with Crippen molar-refractivity contribution in [3.8, 4) is 0 Å². The maximum Gasteiger partial charge on any atom is 0.345 e. The van der Waals surface area contributed by atoms with Gasteiger partial charge in [0.1, 0.15) is 4.88 Å². The summed E-state index contributed by atoms with van der Waals surface area (Å²) in [6.07, 6.45) is 2.92. The average Bonchev–Trinajstić information content (AvgIpc) is 3.17. The lowest BCUT2D eigenvalue weighted by Crippen LogP contribution is -2.41. The van der Waals surface area contributed by atoms with Gasteiger partial charge in [0.25, 0.3) is 0 Å². The second kappa shape index (κ2) is 7.12. The van der Waals surface area contributed by atoms with Crippen LogP contribution in [-0.4, -0.2) is 45.1 Å². The van der Waals surface area contributed by atoms with Crippen molar-refractivity contribution in [1.82, 2.24) is 15.0 Å². The van der Waals surface area contributed by atoms with Gasteiger partial charge in [-0.3, -0.25) is 4.79 Å². The lowest BCUT2D eigenvalue weighted by Gasteiger charge is -2.32. The maximum absolute atomic E-state index is 12.5. The van der Waals surface area contributed by atoms with Gasteiger partial charge in [-0.25, -0.2) is 4.79 Å². The first-order chi connectivity index (χ1) is 11.5. The highest BCUT2D eigenvalue weighted by Gasteiger charge is 2.25. The summed E-state index contributed by atoms with van der Waals surface area (Å²) in [5, 5.41) is 14.5. The van der Waals surface area contributed by atoms with Crippen molar-refractivity contribution in [2.75, 3.05) is 13.1 Å². The molecule has 1 aliphatic rings. The van der Waals surface area contributed by atoms with E-state index in [-0.39, 0.29) is 17.2 Å². The molecule has 7 nitrogen and oxygen atoms in total. The number of aromatic nitrogens is 2. The molecule has 0 radical (unpaired) electrons. The first-order valence-corrected chi connectivity index (χ1v) is 8.77. The Labute approximate surface area is 143 Å². The smallest absolute Gasteiger partial charge is 0.345 e. The molecular formula is C16H19N3O4S. The zero-order valence-electron chi connectivity index (χ0n) is 13.4. The standard InChI is InChI=1S/C16H19N3O4S/c1-10-17-14(23-18-10)6-11-3-2-4-19(8-11)15(20)7-12-5-13(16(21)22)24-9-12/h5,9,11H,2-4,6-8H2,1H3,(H,21,22). The van der Waals surface area contributed by atoms with Crippen LogP contribution in [0.15, 0.2) is 16.0 Å². The fourth-order valence-electron chi connectivity index (χ4n) is 2.99. The Morgan fingerprint density at radius 3 is 3.00 bits per heavy atom. The lowest BCUT2D eigenvalue weighted by atomic mass is 9.94. The van der Waals surface area contributed by atoms with Gasteiger partial charge >= 0.3 is 5.97 Å². The number of thiophene rings is 1. The van der Waals surface area contributed by atoms with Crippen molar-refractivity contribution in [3.05, 3.63) is 33.6 Å².